The summed E-state index contributed by atoms with van der Waals surface area (Å²) in [6.07, 6.45) is 4.81. The molecule has 0 aromatic carbocycles. The molecule has 1 aliphatic heterocycles. The lowest BCUT2D eigenvalue weighted by Crippen LogP contribution is -2.39. The number of hydrogen-bond acceptors (Lipinski definition) is 5. The molecular weight excluding hydrogens is 358 g/mol. The number of nitrogens with zero attached hydrogens (tertiary/aromatic N) is 2. The van der Waals surface area contributed by atoms with Gasteiger partial charge in [0.1, 0.15) is 0 Å². The number of hydrogen-bond donors (Lipinski definition) is 3. The van der Waals surface area contributed by atoms with Gasteiger partial charge in [0.05, 0.1) is 16.8 Å². The molecule has 0 spiro atoms. The fourth-order valence-electron chi connectivity index (χ4n) is 3.17. The third-order valence-electron chi connectivity index (χ3n) is 4.62. The maximum atomic E-state index is 11.2. The van der Waals surface area contributed by atoms with Gasteiger partial charge in [0.2, 0.25) is 5.91 Å². The smallest absolute Gasteiger partial charge is 0.220 e. The minimum Gasteiger partial charge on any atom is -0.369 e. The van der Waals surface area contributed by atoms with Gasteiger partial charge in [-0.3, -0.25) is 9.89 Å². The average molecular weight is 384 g/mol. The number of carbonyl (C=O) groups excluding carboxylic acids is 1. The second-order valence-electron chi connectivity index (χ2n) is 6.30. The van der Waals surface area contributed by atoms with Crippen LogP contribution in [-0.2, 0) is 11.3 Å². The van der Waals surface area contributed by atoms with E-state index in [2.05, 4.69) is 37.9 Å². The molecule has 1 aliphatic rings. The van der Waals surface area contributed by atoms with Gasteiger partial charge >= 0.3 is 0 Å². The predicted octanol–water partition coefficient (Wildman–Crippen LogP) is 2.24. The molecule has 4 N–H and O–H groups in total. The molecular formula is C17H26ClN5OS. The Morgan fingerprint density at radius 2 is 2.24 bits per heavy atom. The van der Waals surface area contributed by atoms with Gasteiger partial charge in [-0.2, -0.15) is 5.10 Å². The molecule has 0 aliphatic carbocycles. The Labute approximate surface area is 158 Å². The third kappa shape index (κ3) is 5.54. The van der Waals surface area contributed by atoms with E-state index in [-0.39, 0.29) is 24.2 Å². The van der Waals surface area contributed by atoms with E-state index in [1.54, 1.807) is 11.3 Å². The lowest BCUT2D eigenvalue weighted by Gasteiger charge is -2.30. The minimum absolute atomic E-state index is 0. The van der Waals surface area contributed by atoms with Crippen molar-refractivity contribution in [3.8, 4) is 10.6 Å². The van der Waals surface area contributed by atoms with Crippen molar-refractivity contribution in [3.63, 3.8) is 0 Å². The van der Waals surface area contributed by atoms with Crippen molar-refractivity contribution in [1.82, 2.24) is 20.4 Å². The fourth-order valence-corrected chi connectivity index (χ4v) is 3.93. The Bertz CT molecular complexity index is 637. The summed E-state index contributed by atoms with van der Waals surface area (Å²) in [5.74, 6) is -0.0610. The number of thiophene rings is 1. The summed E-state index contributed by atoms with van der Waals surface area (Å²) in [5.41, 5.74) is 7.70. The van der Waals surface area contributed by atoms with Crippen LogP contribution < -0.4 is 11.1 Å². The molecule has 25 heavy (non-hydrogen) atoms. The Kier molecular flexibility index (Phi) is 7.90. The van der Waals surface area contributed by atoms with E-state index in [4.69, 9.17) is 5.73 Å². The topological polar surface area (TPSA) is 87.0 Å². The van der Waals surface area contributed by atoms with Crippen LogP contribution in [0.15, 0.2) is 23.7 Å². The molecule has 1 saturated heterocycles. The van der Waals surface area contributed by atoms with Crippen LogP contribution in [-0.4, -0.2) is 47.2 Å². The Morgan fingerprint density at radius 3 is 2.92 bits per heavy atom. The van der Waals surface area contributed by atoms with E-state index in [1.165, 1.54) is 10.4 Å². The second kappa shape index (κ2) is 9.91. The van der Waals surface area contributed by atoms with Gasteiger partial charge in [-0.1, -0.05) is 6.07 Å². The fraction of sp³-hybridized carbons (Fsp3) is 0.529. The van der Waals surface area contributed by atoms with Crippen molar-refractivity contribution in [3.05, 3.63) is 29.3 Å². The van der Waals surface area contributed by atoms with Crippen LogP contribution >= 0.6 is 23.7 Å². The number of carbonyl (C=O) groups is 1. The van der Waals surface area contributed by atoms with E-state index in [0.29, 0.717) is 0 Å². The number of nitrogens with one attached hydrogen (secondary N) is 2. The first-order chi connectivity index (χ1) is 11.7. The first-order valence-corrected chi connectivity index (χ1v) is 9.40. The third-order valence-corrected chi connectivity index (χ3v) is 5.51. The number of nitrogens with two attached hydrogens (primary N) is 1. The van der Waals surface area contributed by atoms with Crippen LogP contribution in [0.3, 0.4) is 0 Å². The van der Waals surface area contributed by atoms with Crippen LogP contribution in [0.5, 0.6) is 0 Å². The average Bonchev–Trinajstić information content (AvgIpc) is 3.26. The highest BCUT2D eigenvalue weighted by Crippen LogP contribution is 2.25. The number of halogens is 1. The number of likely N-dealkylation sites (tertiary alicyclic amines) is 1. The predicted molar refractivity (Wildman–Crippen MR) is 104 cm³/mol. The summed E-state index contributed by atoms with van der Waals surface area (Å²) in [4.78, 5) is 14.8. The molecule has 0 radical (unpaired) electrons. The number of H-pyrrole nitrogens is 1. The van der Waals surface area contributed by atoms with Crippen molar-refractivity contribution in [2.45, 2.75) is 25.8 Å². The van der Waals surface area contributed by atoms with Crippen LogP contribution in [0.4, 0.5) is 0 Å². The molecule has 0 saturated carbocycles. The quantitative estimate of drug-likeness (QED) is 0.610. The first-order valence-electron chi connectivity index (χ1n) is 8.52. The summed E-state index contributed by atoms with van der Waals surface area (Å²) in [7, 11) is 0. The van der Waals surface area contributed by atoms with Gasteiger partial charge < -0.3 is 16.0 Å². The van der Waals surface area contributed by atoms with Gasteiger partial charge in [0.25, 0.3) is 0 Å². The molecule has 3 rings (SSSR count). The van der Waals surface area contributed by atoms with Gasteiger partial charge in [-0.25, -0.2) is 0 Å². The summed E-state index contributed by atoms with van der Waals surface area (Å²) in [6, 6.07) is 4.16. The highest BCUT2D eigenvalue weighted by Gasteiger charge is 2.22. The zero-order valence-corrected chi connectivity index (χ0v) is 15.9. The number of aromatic nitrogens is 2. The number of aromatic amines is 1. The lowest BCUT2D eigenvalue weighted by molar-refractivity contribution is -0.123. The molecule has 2 aromatic heterocycles. The largest absolute Gasteiger partial charge is 0.369 e. The van der Waals surface area contributed by atoms with E-state index < -0.39 is 0 Å². The van der Waals surface area contributed by atoms with E-state index in [9.17, 15) is 4.79 Å². The van der Waals surface area contributed by atoms with Crippen molar-refractivity contribution >= 4 is 29.7 Å². The summed E-state index contributed by atoms with van der Waals surface area (Å²) >= 11 is 1.72. The Hall–Kier alpha value is -1.41. The van der Waals surface area contributed by atoms with Gasteiger partial charge in [0, 0.05) is 18.0 Å². The molecule has 6 nitrogen and oxygen atoms in total. The maximum Gasteiger partial charge on any atom is 0.220 e. The monoisotopic (exact) mass is 383 g/mol. The number of amides is 1. The van der Waals surface area contributed by atoms with E-state index in [0.717, 1.165) is 57.7 Å². The van der Waals surface area contributed by atoms with Crippen molar-refractivity contribution < 1.29 is 4.79 Å². The van der Waals surface area contributed by atoms with Crippen LogP contribution in [0.1, 0.15) is 24.8 Å². The van der Waals surface area contributed by atoms with Gasteiger partial charge in [-0.05, 0) is 56.9 Å². The van der Waals surface area contributed by atoms with Gasteiger partial charge in [0.15, 0.2) is 0 Å². The normalized spacial score (nSPS) is 15.8. The van der Waals surface area contributed by atoms with Gasteiger partial charge in [-0.15, -0.1) is 23.7 Å². The van der Waals surface area contributed by atoms with Crippen molar-refractivity contribution in [1.29, 1.82) is 0 Å². The highest BCUT2D eigenvalue weighted by atomic mass is 35.5. The Balaban J connectivity index is 0.00000225. The molecule has 2 aromatic rings. The standard InChI is InChI=1S/C17H25N5OS.ClH/c18-17(23)13-4-8-22(9-5-13)7-2-6-19-11-14-12-20-21-16(14)15-3-1-10-24-15;/h1,3,10,12-13,19H,2,4-9,11H2,(H2,18,23)(H,20,21);1H. The first kappa shape index (κ1) is 19.9. The molecule has 138 valence electrons. The summed E-state index contributed by atoms with van der Waals surface area (Å²) in [5, 5.41) is 12.8. The lowest BCUT2D eigenvalue weighted by atomic mass is 9.96. The van der Waals surface area contributed by atoms with Crippen LogP contribution in [0, 0.1) is 5.92 Å². The molecule has 1 fully saturated rings. The minimum atomic E-state index is -0.141. The molecule has 0 unspecified atom stereocenters. The molecule has 0 atom stereocenters. The SMILES string of the molecule is Cl.NC(=O)C1CCN(CCCNCc2cn[nH]c2-c2cccs2)CC1. The summed E-state index contributed by atoms with van der Waals surface area (Å²) in [6.45, 7) is 4.84. The zero-order valence-electron chi connectivity index (χ0n) is 14.2. The number of rotatable bonds is 8. The maximum absolute atomic E-state index is 11.2. The van der Waals surface area contributed by atoms with E-state index in [1.807, 2.05) is 6.20 Å². The second-order valence-corrected chi connectivity index (χ2v) is 7.24. The number of primary amides is 1. The van der Waals surface area contributed by atoms with Crippen molar-refractivity contribution in [2.24, 2.45) is 11.7 Å². The molecule has 8 heteroatoms. The zero-order chi connectivity index (χ0) is 16.8. The van der Waals surface area contributed by atoms with Crippen molar-refractivity contribution in [2.75, 3.05) is 26.2 Å². The van der Waals surface area contributed by atoms with E-state index >= 15 is 0 Å². The number of piperidine rings is 1. The van der Waals surface area contributed by atoms with Crippen LogP contribution in [0.25, 0.3) is 10.6 Å². The highest BCUT2D eigenvalue weighted by molar-refractivity contribution is 7.13. The molecule has 1 amide bonds. The van der Waals surface area contributed by atoms with Crippen LogP contribution in [0.2, 0.25) is 0 Å². The molecule has 0 bridgehead atoms. The Morgan fingerprint density at radius 1 is 1.44 bits per heavy atom. The summed E-state index contributed by atoms with van der Waals surface area (Å²) < 4.78 is 0. The molecule has 3 heterocycles.